The van der Waals surface area contributed by atoms with E-state index in [1.807, 2.05) is 0 Å². The number of anilines is 2. The summed E-state index contributed by atoms with van der Waals surface area (Å²) in [5, 5.41) is 21.2. The zero-order chi connectivity index (χ0) is 15.7. The topological polar surface area (TPSA) is 124 Å². The highest BCUT2D eigenvalue weighted by atomic mass is 19.1. The molecule has 21 heavy (non-hydrogen) atoms. The van der Waals surface area contributed by atoms with Crippen LogP contribution in [0.15, 0.2) is 23.5 Å². The molecule has 0 aliphatic carbocycles. The number of nitrogens with two attached hydrogens (primary N) is 1. The van der Waals surface area contributed by atoms with Gasteiger partial charge in [0.05, 0.1) is 25.2 Å². The van der Waals surface area contributed by atoms with Crippen LogP contribution >= 0.6 is 0 Å². The van der Waals surface area contributed by atoms with E-state index < -0.39 is 18.5 Å². The molecule has 0 saturated carbocycles. The van der Waals surface area contributed by atoms with Crippen LogP contribution in [0, 0.1) is 16.1 Å². The number of hydrogen-bond acceptors (Lipinski definition) is 7. The molecule has 0 heterocycles. The number of benzene rings is 1. The van der Waals surface area contributed by atoms with Gasteiger partial charge in [0, 0.05) is 18.8 Å². The number of aliphatic hydroxyl groups excluding tert-OH is 1. The monoisotopic (exact) mass is 299 g/mol. The summed E-state index contributed by atoms with van der Waals surface area (Å²) in [6, 6.07) is 4.35. The van der Waals surface area contributed by atoms with Gasteiger partial charge in [-0.15, -0.1) is 4.91 Å². The zero-order valence-electron chi connectivity index (χ0n) is 11.3. The molecule has 1 unspecified atom stereocenters. The average molecular weight is 299 g/mol. The van der Waals surface area contributed by atoms with E-state index in [1.54, 1.807) is 6.07 Å². The van der Waals surface area contributed by atoms with Crippen molar-refractivity contribution in [3.63, 3.8) is 0 Å². The maximum Gasteiger partial charge on any atom is 0.170 e. The van der Waals surface area contributed by atoms with Crippen molar-refractivity contribution in [2.45, 2.75) is 6.10 Å². The van der Waals surface area contributed by atoms with E-state index >= 15 is 0 Å². The van der Waals surface area contributed by atoms with Gasteiger partial charge in [-0.1, -0.05) is 0 Å². The van der Waals surface area contributed by atoms with Crippen LogP contribution in [-0.4, -0.2) is 43.8 Å². The van der Waals surface area contributed by atoms with Crippen LogP contribution < -0.4 is 16.0 Å². The Hall–Kier alpha value is -2.26. The summed E-state index contributed by atoms with van der Waals surface area (Å²) in [5.41, 5.74) is 6.08. The van der Waals surface area contributed by atoms with Crippen molar-refractivity contribution in [2.75, 3.05) is 36.5 Å². The lowest BCUT2D eigenvalue weighted by atomic mass is 10.2. The third kappa shape index (κ3) is 4.97. The first kappa shape index (κ1) is 16.8. The second-order valence-corrected chi connectivity index (χ2v) is 4.14. The number of rotatable bonds is 10. The van der Waals surface area contributed by atoms with E-state index in [-0.39, 0.29) is 12.2 Å². The predicted octanol–water partition coefficient (Wildman–Crippen LogP) is 0.669. The summed E-state index contributed by atoms with van der Waals surface area (Å²) < 4.78 is 14.0. The molecule has 0 aromatic heterocycles. The lowest BCUT2D eigenvalue weighted by molar-refractivity contribution is 0.0223. The summed E-state index contributed by atoms with van der Waals surface area (Å²) in [6.07, 6.45) is 0.199. The quantitative estimate of drug-likeness (QED) is 0.218. The van der Waals surface area contributed by atoms with Crippen molar-refractivity contribution >= 4 is 17.7 Å². The molecule has 1 aromatic carbocycles. The van der Waals surface area contributed by atoms with E-state index in [2.05, 4.69) is 15.5 Å². The molecule has 1 atom stereocenters. The molecule has 0 amide bonds. The Bertz CT molecular complexity index is 474. The molecule has 9 heteroatoms. The van der Waals surface area contributed by atoms with Crippen LogP contribution in [0.4, 0.5) is 15.8 Å². The maximum absolute atomic E-state index is 14.0. The summed E-state index contributed by atoms with van der Waals surface area (Å²) in [5.74, 6) is -0.521. The van der Waals surface area contributed by atoms with E-state index in [0.29, 0.717) is 18.8 Å². The predicted molar refractivity (Wildman–Crippen MR) is 77.8 cm³/mol. The van der Waals surface area contributed by atoms with Crippen LogP contribution in [-0.2, 0) is 4.84 Å². The molecule has 0 spiro atoms. The van der Waals surface area contributed by atoms with Crippen LogP contribution in [0.1, 0.15) is 0 Å². The van der Waals surface area contributed by atoms with E-state index in [9.17, 15) is 9.30 Å². The molecular weight excluding hydrogens is 281 g/mol. The summed E-state index contributed by atoms with van der Waals surface area (Å²) in [7, 11) is 0. The normalized spacial score (nSPS) is 11.6. The first-order valence-corrected chi connectivity index (χ1v) is 6.26. The average Bonchev–Trinajstić information content (AvgIpc) is 2.49. The minimum atomic E-state index is -0.805. The standard InChI is InChI=1S/C12H18FN5O3/c13-11-5-9(16-6-10(7-19)21-17-20)1-2-12(11)18(8-15)4-3-14/h1-2,5,8,10,15-16,19H,3-4,6-7,14H2. The van der Waals surface area contributed by atoms with Gasteiger partial charge in [0.2, 0.25) is 0 Å². The van der Waals surface area contributed by atoms with Gasteiger partial charge < -0.3 is 25.9 Å². The molecule has 1 aromatic rings. The van der Waals surface area contributed by atoms with Crippen molar-refractivity contribution < 1.29 is 14.3 Å². The second kappa shape index (κ2) is 8.82. The fourth-order valence-corrected chi connectivity index (χ4v) is 1.67. The Morgan fingerprint density at radius 1 is 1.62 bits per heavy atom. The molecule has 8 nitrogen and oxygen atoms in total. The minimum absolute atomic E-state index is 0.0953. The van der Waals surface area contributed by atoms with Gasteiger partial charge in [-0.05, 0) is 18.2 Å². The summed E-state index contributed by atoms with van der Waals surface area (Å²) >= 11 is 0. The molecular formula is C12H18FN5O3. The van der Waals surface area contributed by atoms with Crippen molar-refractivity contribution in [3.05, 3.63) is 28.9 Å². The van der Waals surface area contributed by atoms with Gasteiger partial charge in [0.15, 0.2) is 11.4 Å². The molecule has 116 valence electrons. The Labute approximate surface area is 121 Å². The number of hydrogen-bond donors (Lipinski definition) is 4. The van der Waals surface area contributed by atoms with Gasteiger partial charge in [0.25, 0.3) is 0 Å². The third-order valence-electron chi connectivity index (χ3n) is 2.71. The highest BCUT2D eigenvalue weighted by molar-refractivity contribution is 5.78. The number of nitrogens with one attached hydrogen (secondary N) is 2. The molecule has 0 saturated heterocycles. The SMILES string of the molecule is N=CN(CCN)c1ccc(NCC(CO)ON=O)cc1F. The van der Waals surface area contributed by atoms with Crippen LogP contribution in [0.3, 0.4) is 0 Å². The van der Waals surface area contributed by atoms with Gasteiger partial charge >= 0.3 is 0 Å². The fourth-order valence-electron chi connectivity index (χ4n) is 1.67. The molecule has 0 bridgehead atoms. The largest absolute Gasteiger partial charge is 0.392 e. The van der Waals surface area contributed by atoms with Crippen LogP contribution in [0.5, 0.6) is 0 Å². The van der Waals surface area contributed by atoms with Gasteiger partial charge in [0.1, 0.15) is 5.82 Å². The molecule has 5 N–H and O–H groups in total. The van der Waals surface area contributed by atoms with Crippen molar-refractivity contribution in [2.24, 2.45) is 11.1 Å². The molecule has 0 fully saturated rings. The number of halogens is 1. The second-order valence-electron chi connectivity index (χ2n) is 4.14. The number of aliphatic hydroxyl groups is 1. The molecule has 0 aliphatic heterocycles. The Balaban J connectivity index is 2.73. The van der Waals surface area contributed by atoms with Crippen molar-refractivity contribution in [3.8, 4) is 0 Å². The minimum Gasteiger partial charge on any atom is -0.392 e. The molecule has 0 aliphatic rings. The van der Waals surface area contributed by atoms with Gasteiger partial charge in [-0.3, -0.25) is 5.41 Å². The Morgan fingerprint density at radius 3 is 2.90 bits per heavy atom. The smallest absolute Gasteiger partial charge is 0.170 e. The summed E-state index contributed by atoms with van der Waals surface area (Å²) in [4.78, 5) is 15.7. The molecule has 1 rings (SSSR count). The van der Waals surface area contributed by atoms with E-state index in [4.69, 9.17) is 16.2 Å². The zero-order valence-corrected chi connectivity index (χ0v) is 11.3. The van der Waals surface area contributed by atoms with Gasteiger partial charge in [-0.2, -0.15) is 0 Å². The number of nitrogens with zero attached hydrogens (tertiary/aromatic N) is 2. The lowest BCUT2D eigenvalue weighted by Gasteiger charge is -2.19. The maximum atomic E-state index is 14.0. The van der Waals surface area contributed by atoms with Crippen LogP contribution in [0.25, 0.3) is 0 Å². The fraction of sp³-hybridized carbons (Fsp3) is 0.417. The highest BCUT2D eigenvalue weighted by Crippen LogP contribution is 2.22. The van der Waals surface area contributed by atoms with Crippen molar-refractivity contribution in [1.29, 1.82) is 5.41 Å². The van der Waals surface area contributed by atoms with Gasteiger partial charge in [-0.25, -0.2) is 4.39 Å². The first-order chi connectivity index (χ1) is 10.2. The van der Waals surface area contributed by atoms with E-state index in [1.165, 1.54) is 17.0 Å². The van der Waals surface area contributed by atoms with Crippen molar-refractivity contribution in [1.82, 2.24) is 0 Å². The molecule has 0 radical (unpaired) electrons. The van der Waals surface area contributed by atoms with Crippen LogP contribution in [0.2, 0.25) is 0 Å². The Kier molecular flexibility index (Phi) is 7.05. The first-order valence-electron chi connectivity index (χ1n) is 6.26. The Morgan fingerprint density at radius 2 is 2.38 bits per heavy atom. The highest BCUT2D eigenvalue weighted by Gasteiger charge is 2.12. The third-order valence-corrected chi connectivity index (χ3v) is 2.71. The summed E-state index contributed by atoms with van der Waals surface area (Å²) in [6.45, 7) is 0.331. The lowest BCUT2D eigenvalue weighted by Crippen LogP contribution is -2.28. The van der Waals surface area contributed by atoms with E-state index in [0.717, 1.165) is 6.34 Å².